The minimum absolute atomic E-state index is 0.131. The van der Waals surface area contributed by atoms with Crippen LogP contribution < -0.4 is 0 Å². The van der Waals surface area contributed by atoms with Crippen molar-refractivity contribution in [2.45, 2.75) is 31.0 Å². The highest BCUT2D eigenvalue weighted by molar-refractivity contribution is 9.09. The van der Waals surface area contributed by atoms with Crippen LogP contribution in [-0.4, -0.2) is 15.9 Å². The van der Waals surface area contributed by atoms with Gasteiger partial charge in [0.15, 0.2) is 0 Å². The Kier molecular flexibility index (Phi) is 2.93. The summed E-state index contributed by atoms with van der Waals surface area (Å²) in [5, 5.41) is 8.81. The highest BCUT2D eigenvalue weighted by atomic mass is 79.9. The third-order valence-electron chi connectivity index (χ3n) is 2.45. The molecule has 0 bridgehead atoms. The van der Waals surface area contributed by atoms with Crippen LogP contribution in [0.4, 0.5) is 0 Å². The molecule has 0 aromatic heterocycles. The molecular formula is C8H13BrO2. The molecule has 1 saturated carbocycles. The van der Waals surface area contributed by atoms with Crippen LogP contribution in [0.1, 0.15) is 26.2 Å². The van der Waals surface area contributed by atoms with Gasteiger partial charge in [0.05, 0.1) is 5.92 Å². The minimum Gasteiger partial charge on any atom is -0.481 e. The second-order valence-electron chi connectivity index (χ2n) is 3.33. The largest absolute Gasteiger partial charge is 0.481 e. The molecule has 0 radical (unpaired) electrons. The SMILES string of the molecule is CC1CCC(Br)CC1C(=O)O. The van der Waals surface area contributed by atoms with Gasteiger partial charge in [0.1, 0.15) is 0 Å². The van der Waals surface area contributed by atoms with Gasteiger partial charge < -0.3 is 5.11 Å². The van der Waals surface area contributed by atoms with Gasteiger partial charge in [-0.25, -0.2) is 0 Å². The highest BCUT2D eigenvalue weighted by Crippen LogP contribution is 2.33. The number of halogens is 1. The number of carbonyl (C=O) groups is 1. The van der Waals surface area contributed by atoms with Crippen molar-refractivity contribution in [2.75, 3.05) is 0 Å². The Morgan fingerprint density at radius 3 is 2.64 bits per heavy atom. The molecule has 3 unspecified atom stereocenters. The molecule has 1 N–H and O–H groups in total. The molecule has 64 valence electrons. The van der Waals surface area contributed by atoms with Crippen LogP contribution in [0.15, 0.2) is 0 Å². The number of hydrogen-bond donors (Lipinski definition) is 1. The van der Waals surface area contributed by atoms with Crippen molar-refractivity contribution in [3.63, 3.8) is 0 Å². The maximum Gasteiger partial charge on any atom is 0.306 e. The zero-order chi connectivity index (χ0) is 8.43. The van der Waals surface area contributed by atoms with Gasteiger partial charge in [0.2, 0.25) is 0 Å². The van der Waals surface area contributed by atoms with Crippen LogP contribution in [0, 0.1) is 11.8 Å². The van der Waals surface area contributed by atoms with E-state index >= 15 is 0 Å². The van der Waals surface area contributed by atoms with Crippen LogP contribution in [0.2, 0.25) is 0 Å². The number of carboxylic acid groups (broad SMARTS) is 1. The standard InChI is InChI=1S/C8H13BrO2/c1-5-2-3-6(9)4-7(5)8(10)11/h5-7H,2-4H2,1H3,(H,10,11). The Hall–Kier alpha value is -0.0500. The molecule has 0 saturated heterocycles. The molecule has 0 aliphatic heterocycles. The van der Waals surface area contributed by atoms with E-state index in [4.69, 9.17) is 5.11 Å². The first-order valence-electron chi connectivity index (χ1n) is 3.98. The summed E-state index contributed by atoms with van der Waals surface area (Å²) in [6, 6.07) is 0. The van der Waals surface area contributed by atoms with E-state index in [0.717, 1.165) is 19.3 Å². The van der Waals surface area contributed by atoms with Crippen molar-refractivity contribution in [1.29, 1.82) is 0 Å². The molecule has 1 aliphatic rings. The molecule has 1 fully saturated rings. The van der Waals surface area contributed by atoms with Gasteiger partial charge in [0, 0.05) is 4.83 Å². The number of alkyl halides is 1. The summed E-state index contributed by atoms with van der Waals surface area (Å²) >= 11 is 3.46. The molecule has 3 heteroatoms. The first-order valence-corrected chi connectivity index (χ1v) is 4.89. The van der Waals surface area contributed by atoms with E-state index in [9.17, 15) is 4.79 Å². The van der Waals surface area contributed by atoms with Crippen molar-refractivity contribution >= 4 is 21.9 Å². The average molecular weight is 221 g/mol. The third kappa shape index (κ3) is 2.19. The maximum atomic E-state index is 10.7. The summed E-state index contributed by atoms with van der Waals surface area (Å²) in [4.78, 5) is 11.1. The monoisotopic (exact) mass is 220 g/mol. The first kappa shape index (κ1) is 9.04. The van der Waals surface area contributed by atoms with Crippen molar-refractivity contribution in [1.82, 2.24) is 0 Å². The predicted molar refractivity (Wildman–Crippen MR) is 46.9 cm³/mol. The number of rotatable bonds is 1. The van der Waals surface area contributed by atoms with Gasteiger partial charge in [-0.15, -0.1) is 0 Å². The van der Waals surface area contributed by atoms with E-state index in [1.807, 2.05) is 6.92 Å². The molecule has 11 heavy (non-hydrogen) atoms. The summed E-state index contributed by atoms with van der Waals surface area (Å²) in [5.41, 5.74) is 0. The van der Waals surface area contributed by atoms with E-state index in [-0.39, 0.29) is 5.92 Å². The summed E-state index contributed by atoms with van der Waals surface area (Å²) in [5.74, 6) is -0.420. The fourth-order valence-electron chi connectivity index (χ4n) is 1.61. The van der Waals surface area contributed by atoms with E-state index in [1.54, 1.807) is 0 Å². The van der Waals surface area contributed by atoms with Gasteiger partial charge in [-0.1, -0.05) is 22.9 Å². The Morgan fingerprint density at radius 1 is 1.55 bits per heavy atom. The van der Waals surface area contributed by atoms with Gasteiger partial charge in [-0.05, 0) is 25.2 Å². The molecule has 0 aromatic rings. The molecule has 2 nitrogen and oxygen atoms in total. The molecule has 1 aliphatic carbocycles. The molecule has 0 spiro atoms. The summed E-state index contributed by atoms with van der Waals surface area (Å²) in [6.07, 6.45) is 2.94. The lowest BCUT2D eigenvalue weighted by molar-refractivity contribution is -0.144. The number of hydrogen-bond acceptors (Lipinski definition) is 1. The summed E-state index contributed by atoms with van der Waals surface area (Å²) < 4.78 is 0. The van der Waals surface area contributed by atoms with Crippen LogP contribution in [0.3, 0.4) is 0 Å². The Morgan fingerprint density at radius 2 is 2.18 bits per heavy atom. The molecular weight excluding hydrogens is 208 g/mol. The van der Waals surface area contributed by atoms with Crippen LogP contribution in [0.5, 0.6) is 0 Å². The quantitative estimate of drug-likeness (QED) is 0.689. The highest BCUT2D eigenvalue weighted by Gasteiger charge is 2.31. The second kappa shape index (κ2) is 3.57. The van der Waals surface area contributed by atoms with Gasteiger partial charge >= 0.3 is 5.97 Å². The Labute approximate surface area is 75.1 Å². The topological polar surface area (TPSA) is 37.3 Å². The molecule has 0 amide bonds. The van der Waals surface area contributed by atoms with Gasteiger partial charge in [-0.2, -0.15) is 0 Å². The fraction of sp³-hybridized carbons (Fsp3) is 0.875. The van der Waals surface area contributed by atoms with Crippen LogP contribution in [0.25, 0.3) is 0 Å². The van der Waals surface area contributed by atoms with Crippen molar-refractivity contribution in [3.05, 3.63) is 0 Å². The Bertz CT molecular complexity index is 158. The maximum absolute atomic E-state index is 10.7. The normalized spacial score (nSPS) is 38.5. The molecule has 0 aromatic carbocycles. The predicted octanol–water partition coefficient (Wildman–Crippen LogP) is 2.27. The summed E-state index contributed by atoms with van der Waals surface area (Å²) in [7, 11) is 0. The minimum atomic E-state index is -0.637. The van der Waals surface area contributed by atoms with E-state index in [0.29, 0.717) is 10.7 Å². The third-order valence-corrected chi connectivity index (χ3v) is 3.28. The lowest BCUT2D eigenvalue weighted by atomic mass is 9.80. The zero-order valence-electron chi connectivity index (χ0n) is 6.59. The molecule has 1 rings (SSSR count). The smallest absolute Gasteiger partial charge is 0.306 e. The van der Waals surface area contributed by atoms with E-state index < -0.39 is 5.97 Å². The average Bonchev–Trinajstić information content (AvgIpc) is 1.94. The number of carboxylic acids is 1. The zero-order valence-corrected chi connectivity index (χ0v) is 8.17. The first-order chi connectivity index (χ1) is 5.11. The lowest BCUT2D eigenvalue weighted by Gasteiger charge is -2.28. The van der Waals surface area contributed by atoms with E-state index in [1.165, 1.54) is 0 Å². The lowest BCUT2D eigenvalue weighted by Crippen LogP contribution is -2.29. The second-order valence-corrected chi connectivity index (χ2v) is 4.63. The summed E-state index contributed by atoms with van der Waals surface area (Å²) in [6.45, 7) is 2.03. The van der Waals surface area contributed by atoms with Crippen LogP contribution >= 0.6 is 15.9 Å². The van der Waals surface area contributed by atoms with Crippen molar-refractivity contribution < 1.29 is 9.90 Å². The van der Waals surface area contributed by atoms with Crippen LogP contribution in [-0.2, 0) is 4.79 Å². The fourth-order valence-corrected chi connectivity index (χ4v) is 2.28. The van der Waals surface area contributed by atoms with Gasteiger partial charge in [-0.3, -0.25) is 4.79 Å². The molecule has 0 heterocycles. The number of aliphatic carboxylic acids is 1. The van der Waals surface area contributed by atoms with E-state index in [2.05, 4.69) is 15.9 Å². The van der Waals surface area contributed by atoms with Crippen molar-refractivity contribution in [2.24, 2.45) is 11.8 Å². The van der Waals surface area contributed by atoms with Gasteiger partial charge in [0.25, 0.3) is 0 Å². The Balaban J connectivity index is 2.54. The van der Waals surface area contributed by atoms with Crippen molar-refractivity contribution in [3.8, 4) is 0 Å². The molecule has 3 atom stereocenters.